The molecule has 28 heavy (non-hydrogen) atoms. The van der Waals surface area contributed by atoms with Gasteiger partial charge in [0.25, 0.3) is 5.91 Å². The predicted octanol–water partition coefficient (Wildman–Crippen LogP) is 1.68. The third-order valence-electron chi connectivity index (χ3n) is 4.63. The molecule has 2 N–H and O–H groups in total. The summed E-state index contributed by atoms with van der Waals surface area (Å²) in [6.07, 6.45) is 1.59. The van der Waals surface area contributed by atoms with Gasteiger partial charge in [0.1, 0.15) is 0 Å². The standard InChI is InChI=1S/C19H23N5O4/c1-12(25)21-16-5-3-4-15(10-16)19(27)20-11-17-22-18(23-28-17)14-6-8-24(9-7-14)13(2)26/h3-5,10,14H,6-9,11H2,1-2H3,(H,20,27)(H,21,25). The Labute approximate surface area is 162 Å². The highest BCUT2D eigenvalue weighted by Crippen LogP contribution is 2.25. The Bertz CT molecular complexity index is 871. The van der Waals surface area contributed by atoms with E-state index in [2.05, 4.69) is 20.8 Å². The molecule has 0 radical (unpaired) electrons. The van der Waals surface area contributed by atoms with Crippen molar-refractivity contribution in [1.29, 1.82) is 0 Å². The van der Waals surface area contributed by atoms with Crippen molar-refractivity contribution in [3.05, 3.63) is 41.5 Å². The summed E-state index contributed by atoms with van der Waals surface area (Å²) >= 11 is 0. The number of hydrogen-bond donors (Lipinski definition) is 2. The molecule has 0 saturated carbocycles. The molecular weight excluding hydrogens is 362 g/mol. The molecule has 1 aromatic heterocycles. The van der Waals surface area contributed by atoms with Crippen LogP contribution in [0.4, 0.5) is 5.69 Å². The van der Waals surface area contributed by atoms with Crippen molar-refractivity contribution in [3.63, 3.8) is 0 Å². The normalized spacial score (nSPS) is 14.6. The zero-order valence-corrected chi connectivity index (χ0v) is 15.9. The molecular formula is C19H23N5O4. The van der Waals surface area contributed by atoms with Crippen LogP contribution in [0.25, 0.3) is 0 Å². The number of carbonyl (C=O) groups is 3. The topological polar surface area (TPSA) is 117 Å². The molecule has 148 valence electrons. The number of benzene rings is 1. The number of piperidine rings is 1. The minimum absolute atomic E-state index is 0.0811. The van der Waals surface area contributed by atoms with E-state index in [9.17, 15) is 14.4 Å². The van der Waals surface area contributed by atoms with Crippen LogP contribution in [0.15, 0.2) is 28.8 Å². The van der Waals surface area contributed by atoms with Crippen molar-refractivity contribution in [2.75, 3.05) is 18.4 Å². The lowest BCUT2D eigenvalue weighted by atomic mass is 9.96. The maximum Gasteiger partial charge on any atom is 0.251 e. The van der Waals surface area contributed by atoms with E-state index in [1.165, 1.54) is 6.92 Å². The first-order valence-electron chi connectivity index (χ1n) is 9.16. The SMILES string of the molecule is CC(=O)Nc1cccc(C(=O)NCc2nc(C3CCN(C(C)=O)CC3)no2)c1. The second kappa shape index (κ2) is 8.64. The second-order valence-electron chi connectivity index (χ2n) is 6.77. The average molecular weight is 385 g/mol. The third-order valence-corrected chi connectivity index (χ3v) is 4.63. The lowest BCUT2D eigenvalue weighted by Gasteiger charge is -2.29. The Kier molecular flexibility index (Phi) is 6.03. The van der Waals surface area contributed by atoms with Crippen molar-refractivity contribution in [1.82, 2.24) is 20.4 Å². The summed E-state index contributed by atoms with van der Waals surface area (Å²) in [6.45, 7) is 4.46. The first-order valence-corrected chi connectivity index (χ1v) is 9.16. The van der Waals surface area contributed by atoms with Gasteiger partial charge in [-0.25, -0.2) is 0 Å². The van der Waals surface area contributed by atoms with Gasteiger partial charge in [-0.1, -0.05) is 11.2 Å². The van der Waals surface area contributed by atoms with Crippen LogP contribution in [0.1, 0.15) is 54.7 Å². The molecule has 3 rings (SSSR count). The number of nitrogens with zero attached hydrogens (tertiary/aromatic N) is 3. The fraction of sp³-hybridized carbons (Fsp3) is 0.421. The number of likely N-dealkylation sites (tertiary alicyclic amines) is 1. The van der Waals surface area contributed by atoms with Crippen LogP contribution in [0.3, 0.4) is 0 Å². The Morgan fingerprint density at radius 1 is 1.21 bits per heavy atom. The van der Waals surface area contributed by atoms with Crippen molar-refractivity contribution in [3.8, 4) is 0 Å². The van der Waals surface area contributed by atoms with E-state index in [-0.39, 0.29) is 30.2 Å². The van der Waals surface area contributed by atoms with Gasteiger partial charge in [-0.3, -0.25) is 14.4 Å². The molecule has 0 bridgehead atoms. The van der Waals surface area contributed by atoms with Crippen LogP contribution in [0.2, 0.25) is 0 Å². The smallest absolute Gasteiger partial charge is 0.251 e. The molecule has 0 spiro atoms. The van der Waals surface area contributed by atoms with E-state index >= 15 is 0 Å². The van der Waals surface area contributed by atoms with Crippen molar-refractivity contribution < 1.29 is 18.9 Å². The zero-order valence-electron chi connectivity index (χ0n) is 15.9. The number of aromatic nitrogens is 2. The average Bonchev–Trinajstić information content (AvgIpc) is 3.15. The minimum atomic E-state index is -0.304. The van der Waals surface area contributed by atoms with E-state index in [0.29, 0.717) is 36.1 Å². The molecule has 2 aromatic rings. The van der Waals surface area contributed by atoms with Crippen LogP contribution in [0, 0.1) is 0 Å². The maximum atomic E-state index is 12.3. The van der Waals surface area contributed by atoms with Gasteiger partial charge in [0.05, 0.1) is 6.54 Å². The highest BCUT2D eigenvalue weighted by Gasteiger charge is 2.25. The van der Waals surface area contributed by atoms with Gasteiger partial charge in [0, 0.05) is 44.1 Å². The summed E-state index contributed by atoms with van der Waals surface area (Å²) in [5.74, 6) is 0.665. The highest BCUT2D eigenvalue weighted by molar-refractivity contribution is 5.96. The van der Waals surface area contributed by atoms with Crippen LogP contribution >= 0.6 is 0 Å². The number of anilines is 1. The van der Waals surface area contributed by atoms with Crippen molar-refractivity contribution in [2.24, 2.45) is 0 Å². The molecule has 1 saturated heterocycles. The van der Waals surface area contributed by atoms with Gasteiger partial charge in [-0.2, -0.15) is 4.98 Å². The first-order chi connectivity index (χ1) is 13.4. The van der Waals surface area contributed by atoms with E-state index < -0.39 is 0 Å². The van der Waals surface area contributed by atoms with Crippen molar-refractivity contribution in [2.45, 2.75) is 39.2 Å². The molecule has 1 fully saturated rings. The molecule has 1 aromatic carbocycles. The molecule has 9 nitrogen and oxygen atoms in total. The Balaban J connectivity index is 1.54. The lowest BCUT2D eigenvalue weighted by molar-refractivity contribution is -0.129. The quantitative estimate of drug-likeness (QED) is 0.809. The fourth-order valence-corrected chi connectivity index (χ4v) is 3.16. The summed E-state index contributed by atoms with van der Waals surface area (Å²) in [7, 11) is 0. The monoisotopic (exact) mass is 385 g/mol. The molecule has 0 unspecified atom stereocenters. The van der Waals surface area contributed by atoms with E-state index in [4.69, 9.17) is 4.52 Å². The molecule has 2 heterocycles. The van der Waals surface area contributed by atoms with Crippen LogP contribution < -0.4 is 10.6 Å². The maximum absolute atomic E-state index is 12.3. The summed E-state index contributed by atoms with van der Waals surface area (Å²) < 4.78 is 5.24. The summed E-state index contributed by atoms with van der Waals surface area (Å²) in [6, 6.07) is 6.65. The van der Waals surface area contributed by atoms with Gasteiger partial charge >= 0.3 is 0 Å². The number of amides is 3. The van der Waals surface area contributed by atoms with E-state index in [0.717, 1.165) is 12.8 Å². The second-order valence-corrected chi connectivity index (χ2v) is 6.77. The summed E-state index contributed by atoms with van der Waals surface area (Å²) in [5, 5.41) is 9.39. The van der Waals surface area contributed by atoms with Crippen LogP contribution in [-0.4, -0.2) is 45.9 Å². The largest absolute Gasteiger partial charge is 0.343 e. The van der Waals surface area contributed by atoms with Gasteiger partial charge < -0.3 is 20.1 Å². The molecule has 3 amide bonds. The number of nitrogens with one attached hydrogen (secondary N) is 2. The van der Waals surface area contributed by atoms with Gasteiger partial charge in [0.2, 0.25) is 17.7 Å². The Hall–Kier alpha value is -3.23. The number of carbonyl (C=O) groups excluding carboxylic acids is 3. The minimum Gasteiger partial charge on any atom is -0.343 e. The molecule has 1 aliphatic rings. The molecule has 0 aliphatic carbocycles. The zero-order chi connectivity index (χ0) is 20.1. The van der Waals surface area contributed by atoms with Crippen LogP contribution in [-0.2, 0) is 16.1 Å². The van der Waals surface area contributed by atoms with Gasteiger partial charge in [-0.15, -0.1) is 0 Å². The molecule has 0 atom stereocenters. The third kappa shape index (κ3) is 4.93. The lowest BCUT2D eigenvalue weighted by Crippen LogP contribution is -2.36. The fourth-order valence-electron chi connectivity index (χ4n) is 3.16. The summed E-state index contributed by atoms with van der Waals surface area (Å²) in [4.78, 5) is 41.0. The van der Waals surface area contributed by atoms with Crippen LogP contribution in [0.5, 0.6) is 0 Å². The number of rotatable bonds is 5. The van der Waals surface area contributed by atoms with Gasteiger partial charge in [-0.05, 0) is 31.0 Å². The van der Waals surface area contributed by atoms with Crippen molar-refractivity contribution >= 4 is 23.4 Å². The van der Waals surface area contributed by atoms with Gasteiger partial charge in [0.15, 0.2) is 5.82 Å². The Morgan fingerprint density at radius 2 is 1.96 bits per heavy atom. The van der Waals surface area contributed by atoms with E-state index in [1.54, 1.807) is 31.2 Å². The summed E-state index contributed by atoms with van der Waals surface area (Å²) in [5.41, 5.74) is 0.972. The molecule has 9 heteroatoms. The Morgan fingerprint density at radius 3 is 2.64 bits per heavy atom. The predicted molar refractivity (Wildman–Crippen MR) is 100 cm³/mol. The number of hydrogen-bond acceptors (Lipinski definition) is 6. The highest BCUT2D eigenvalue weighted by atomic mass is 16.5. The molecule has 1 aliphatic heterocycles. The first kappa shape index (κ1) is 19.5. The van der Waals surface area contributed by atoms with E-state index in [1.807, 2.05) is 4.90 Å².